The summed E-state index contributed by atoms with van der Waals surface area (Å²) in [6.45, 7) is 4.78. The third kappa shape index (κ3) is 3.65. The molecule has 3 aromatic rings. The SMILES string of the molecule is Clc1cccc(N2CCN(Cc3nc4ccc(Cl)cn4c3Br)CC2)c1. The first kappa shape index (κ1) is 17.2. The third-order valence-corrected chi connectivity index (χ3v) is 5.81. The maximum absolute atomic E-state index is 6.10. The Morgan fingerprint density at radius 3 is 2.56 bits per heavy atom. The van der Waals surface area contributed by atoms with E-state index in [0.29, 0.717) is 5.02 Å². The van der Waals surface area contributed by atoms with E-state index in [1.54, 1.807) is 0 Å². The summed E-state index contributed by atoms with van der Waals surface area (Å²) in [4.78, 5) is 9.52. The number of piperazine rings is 1. The minimum absolute atomic E-state index is 0.701. The van der Waals surface area contributed by atoms with Gasteiger partial charge in [0.05, 0.1) is 10.7 Å². The predicted octanol–water partition coefficient (Wildman–Crippen LogP) is 4.73. The van der Waals surface area contributed by atoms with Crippen molar-refractivity contribution in [2.45, 2.75) is 6.54 Å². The van der Waals surface area contributed by atoms with Gasteiger partial charge in [0.2, 0.25) is 0 Å². The lowest BCUT2D eigenvalue weighted by Gasteiger charge is -2.35. The van der Waals surface area contributed by atoms with Gasteiger partial charge in [0, 0.05) is 49.6 Å². The summed E-state index contributed by atoms with van der Waals surface area (Å²) in [6.07, 6.45) is 1.88. The number of imidazole rings is 1. The molecule has 0 unspecified atom stereocenters. The van der Waals surface area contributed by atoms with E-state index in [9.17, 15) is 0 Å². The second kappa shape index (κ2) is 7.16. The van der Waals surface area contributed by atoms with Crippen LogP contribution in [0, 0.1) is 0 Å². The molecule has 4 nitrogen and oxygen atoms in total. The Hall–Kier alpha value is -1.27. The number of fused-ring (bicyclic) bond motifs is 1. The number of anilines is 1. The summed E-state index contributed by atoms with van der Waals surface area (Å²) >= 11 is 15.8. The number of benzene rings is 1. The summed E-state index contributed by atoms with van der Waals surface area (Å²) in [7, 11) is 0. The smallest absolute Gasteiger partial charge is 0.138 e. The van der Waals surface area contributed by atoms with Crippen molar-refractivity contribution in [3.8, 4) is 0 Å². The number of hydrogen-bond donors (Lipinski definition) is 0. The van der Waals surface area contributed by atoms with Crippen LogP contribution < -0.4 is 4.90 Å². The molecule has 1 aliphatic heterocycles. The van der Waals surface area contributed by atoms with Gasteiger partial charge in [-0.25, -0.2) is 4.98 Å². The maximum Gasteiger partial charge on any atom is 0.138 e. The van der Waals surface area contributed by atoms with Crippen LogP contribution in [-0.4, -0.2) is 40.5 Å². The molecule has 1 fully saturated rings. The Morgan fingerprint density at radius 1 is 1.00 bits per heavy atom. The van der Waals surface area contributed by atoms with Gasteiger partial charge in [-0.05, 0) is 46.3 Å². The van der Waals surface area contributed by atoms with Crippen LogP contribution in [0.4, 0.5) is 5.69 Å². The molecule has 1 saturated heterocycles. The molecule has 0 amide bonds. The van der Waals surface area contributed by atoms with Gasteiger partial charge in [0.1, 0.15) is 10.3 Å². The van der Waals surface area contributed by atoms with Gasteiger partial charge in [-0.15, -0.1) is 0 Å². The molecule has 0 N–H and O–H groups in total. The van der Waals surface area contributed by atoms with E-state index in [1.807, 2.05) is 40.9 Å². The molecule has 4 rings (SSSR count). The maximum atomic E-state index is 6.10. The van der Waals surface area contributed by atoms with E-state index in [0.717, 1.165) is 53.7 Å². The zero-order chi connectivity index (χ0) is 17.4. The molecule has 0 aliphatic carbocycles. The first-order chi connectivity index (χ1) is 12.1. The highest BCUT2D eigenvalue weighted by atomic mass is 79.9. The number of aromatic nitrogens is 2. The summed E-state index contributed by atoms with van der Waals surface area (Å²) in [5.41, 5.74) is 3.14. The fraction of sp³-hybridized carbons (Fsp3) is 0.278. The van der Waals surface area contributed by atoms with Crippen molar-refractivity contribution in [3.05, 3.63) is 62.9 Å². The molecule has 0 radical (unpaired) electrons. The van der Waals surface area contributed by atoms with Gasteiger partial charge in [-0.3, -0.25) is 9.30 Å². The summed E-state index contributed by atoms with van der Waals surface area (Å²) < 4.78 is 2.96. The second-order valence-electron chi connectivity index (χ2n) is 6.17. The van der Waals surface area contributed by atoms with Gasteiger partial charge >= 0.3 is 0 Å². The van der Waals surface area contributed by atoms with Crippen molar-refractivity contribution in [1.82, 2.24) is 14.3 Å². The van der Waals surface area contributed by atoms with Gasteiger partial charge < -0.3 is 4.90 Å². The van der Waals surface area contributed by atoms with Crippen molar-refractivity contribution in [3.63, 3.8) is 0 Å². The van der Waals surface area contributed by atoms with E-state index in [1.165, 1.54) is 5.69 Å². The molecule has 0 saturated carbocycles. The minimum Gasteiger partial charge on any atom is -0.369 e. The molecule has 7 heteroatoms. The van der Waals surface area contributed by atoms with Crippen LogP contribution in [0.5, 0.6) is 0 Å². The van der Waals surface area contributed by atoms with E-state index >= 15 is 0 Å². The lowest BCUT2D eigenvalue weighted by atomic mass is 10.2. The highest BCUT2D eigenvalue weighted by Crippen LogP contribution is 2.24. The van der Waals surface area contributed by atoms with Crippen LogP contribution in [0.1, 0.15) is 5.69 Å². The molecule has 0 bridgehead atoms. The zero-order valence-corrected chi connectivity index (χ0v) is 16.6. The average Bonchev–Trinajstić information content (AvgIpc) is 2.91. The molecule has 25 heavy (non-hydrogen) atoms. The molecular formula is C18H17BrCl2N4. The average molecular weight is 440 g/mol. The monoisotopic (exact) mass is 438 g/mol. The number of hydrogen-bond acceptors (Lipinski definition) is 3. The first-order valence-corrected chi connectivity index (χ1v) is 9.70. The normalized spacial score (nSPS) is 15.9. The molecule has 0 spiro atoms. The van der Waals surface area contributed by atoms with Crippen molar-refractivity contribution in [2.24, 2.45) is 0 Å². The van der Waals surface area contributed by atoms with E-state index in [4.69, 9.17) is 28.2 Å². The summed E-state index contributed by atoms with van der Waals surface area (Å²) in [6, 6.07) is 11.9. The Bertz CT molecular complexity index is 903. The van der Waals surface area contributed by atoms with Crippen LogP contribution in [0.25, 0.3) is 5.65 Å². The molecule has 130 valence electrons. The standard InChI is InChI=1S/C18H17BrCl2N4/c19-18-16(22-17-5-4-14(21)11-25(17)18)12-23-6-8-24(9-7-23)15-3-1-2-13(20)10-15/h1-5,10-11H,6-9,12H2. The number of halogens is 3. The van der Waals surface area contributed by atoms with E-state index in [2.05, 4.69) is 31.8 Å². The van der Waals surface area contributed by atoms with Gasteiger partial charge in [0.25, 0.3) is 0 Å². The topological polar surface area (TPSA) is 23.8 Å². The quantitative estimate of drug-likeness (QED) is 0.589. The van der Waals surface area contributed by atoms with Crippen molar-refractivity contribution in [2.75, 3.05) is 31.1 Å². The molecule has 0 atom stereocenters. The fourth-order valence-corrected chi connectivity index (χ4v) is 4.03. The number of pyridine rings is 1. The Kier molecular flexibility index (Phi) is 4.91. The van der Waals surface area contributed by atoms with Crippen LogP contribution >= 0.6 is 39.1 Å². The molecular weight excluding hydrogens is 423 g/mol. The highest BCUT2D eigenvalue weighted by Gasteiger charge is 2.20. The lowest BCUT2D eigenvalue weighted by molar-refractivity contribution is 0.247. The minimum atomic E-state index is 0.701. The van der Waals surface area contributed by atoms with Crippen LogP contribution in [0.15, 0.2) is 47.2 Å². The van der Waals surface area contributed by atoms with Crippen molar-refractivity contribution < 1.29 is 0 Å². The van der Waals surface area contributed by atoms with Crippen LogP contribution in [0.3, 0.4) is 0 Å². The Labute approximate surface area is 165 Å². The number of nitrogens with zero attached hydrogens (tertiary/aromatic N) is 4. The molecule has 2 aromatic heterocycles. The van der Waals surface area contributed by atoms with Gasteiger partial charge in [0.15, 0.2) is 0 Å². The van der Waals surface area contributed by atoms with E-state index in [-0.39, 0.29) is 0 Å². The Morgan fingerprint density at radius 2 is 1.80 bits per heavy atom. The summed E-state index contributed by atoms with van der Waals surface area (Å²) in [5, 5.41) is 1.49. The number of rotatable bonds is 3. The van der Waals surface area contributed by atoms with Crippen LogP contribution in [0.2, 0.25) is 10.0 Å². The van der Waals surface area contributed by atoms with Crippen molar-refractivity contribution in [1.29, 1.82) is 0 Å². The van der Waals surface area contributed by atoms with Crippen molar-refractivity contribution >= 4 is 50.5 Å². The Balaban J connectivity index is 1.44. The second-order valence-corrected chi connectivity index (χ2v) is 7.79. The summed E-state index contributed by atoms with van der Waals surface area (Å²) in [5.74, 6) is 0. The van der Waals surface area contributed by atoms with Gasteiger partial charge in [-0.1, -0.05) is 29.3 Å². The largest absolute Gasteiger partial charge is 0.369 e. The predicted molar refractivity (Wildman–Crippen MR) is 107 cm³/mol. The molecule has 3 heterocycles. The van der Waals surface area contributed by atoms with E-state index < -0.39 is 0 Å². The van der Waals surface area contributed by atoms with Gasteiger partial charge in [-0.2, -0.15) is 0 Å². The molecule has 1 aromatic carbocycles. The van der Waals surface area contributed by atoms with Crippen LogP contribution in [-0.2, 0) is 6.54 Å². The molecule has 1 aliphatic rings. The lowest BCUT2D eigenvalue weighted by Crippen LogP contribution is -2.46. The zero-order valence-electron chi connectivity index (χ0n) is 13.5. The highest BCUT2D eigenvalue weighted by molar-refractivity contribution is 9.10. The third-order valence-electron chi connectivity index (χ3n) is 4.51. The fourth-order valence-electron chi connectivity index (χ4n) is 3.19. The first-order valence-electron chi connectivity index (χ1n) is 8.15.